The molecule has 1 aromatic rings. The van der Waals surface area contributed by atoms with Gasteiger partial charge < -0.3 is 0 Å². The molecular weight excluding hydrogens is 186 g/mol. The van der Waals surface area contributed by atoms with Crippen LogP contribution in [0.4, 0.5) is 0 Å². The van der Waals surface area contributed by atoms with E-state index < -0.39 is 0 Å². The highest BCUT2D eigenvalue weighted by Gasteiger charge is 2.17. The van der Waals surface area contributed by atoms with Gasteiger partial charge in [-0.3, -0.25) is 9.78 Å². The molecule has 2 heteroatoms. The molecule has 1 rings (SSSR count). The molecule has 0 radical (unpaired) electrons. The third-order valence-electron chi connectivity index (χ3n) is 2.62. The van der Waals surface area contributed by atoms with E-state index in [-0.39, 0.29) is 11.7 Å². The number of carbonyl (C=O) groups is 1. The zero-order chi connectivity index (χ0) is 11.4. The lowest BCUT2D eigenvalue weighted by Gasteiger charge is -2.10. The summed E-state index contributed by atoms with van der Waals surface area (Å²) in [5.74, 6) is 0.262. The molecule has 0 aliphatic heterocycles. The van der Waals surface area contributed by atoms with Gasteiger partial charge in [0.2, 0.25) is 0 Å². The monoisotopic (exact) mass is 205 g/mol. The van der Waals surface area contributed by atoms with Crippen LogP contribution in [-0.4, -0.2) is 10.8 Å². The number of nitrogens with zero attached hydrogens (tertiary/aromatic N) is 1. The van der Waals surface area contributed by atoms with E-state index >= 15 is 0 Å². The maximum atomic E-state index is 12.0. The van der Waals surface area contributed by atoms with Gasteiger partial charge in [0, 0.05) is 12.1 Å². The molecule has 0 aromatic carbocycles. The summed E-state index contributed by atoms with van der Waals surface area (Å²) < 4.78 is 0. The third kappa shape index (κ3) is 2.88. The molecular formula is C13H19NO. The number of hydrogen-bond acceptors (Lipinski definition) is 2. The van der Waals surface area contributed by atoms with Gasteiger partial charge >= 0.3 is 0 Å². The Labute approximate surface area is 91.7 Å². The van der Waals surface area contributed by atoms with Crippen LogP contribution in [0.15, 0.2) is 12.3 Å². The van der Waals surface area contributed by atoms with Crippen LogP contribution in [0.1, 0.15) is 48.3 Å². The van der Waals surface area contributed by atoms with Gasteiger partial charge in [0.1, 0.15) is 5.69 Å². The second-order valence-corrected chi connectivity index (χ2v) is 4.23. The van der Waals surface area contributed by atoms with Gasteiger partial charge in [-0.2, -0.15) is 0 Å². The fourth-order valence-corrected chi connectivity index (χ4v) is 1.77. The zero-order valence-electron chi connectivity index (χ0n) is 10.0. The Hall–Kier alpha value is -1.18. The van der Waals surface area contributed by atoms with Crippen molar-refractivity contribution in [2.45, 2.75) is 40.5 Å². The summed E-state index contributed by atoms with van der Waals surface area (Å²) in [7, 11) is 0. The van der Waals surface area contributed by atoms with E-state index in [1.165, 1.54) is 0 Å². The van der Waals surface area contributed by atoms with Crippen LogP contribution < -0.4 is 0 Å². The minimum Gasteiger partial charge on any atom is -0.292 e. The first-order chi connectivity index (χ1) is 7.06. The van der Waals surface area contributed by atoms with E-state index in [9.17, 15) is 4.79 Å². The quantitative estimate of drug-likeness (QED) is 0.706. The highest BCUT2D eigenvalue weighted by molar-refractivity contribution is 5.97. The summed E-state index contributed by atoms with van der Waals surface area (Å²) in [6, 6.07) is 2.01. The van der Waals surface area contributed by atoms with Crippen LogP contribution in [0, 0.1) is 19.8 Å². The summed E-state index contributed by atoms with van der Waals surface area (Å²) >= 11 is 0. The van der Waals surface area contributed by atoms with Crippen molar-refractivity contribution < 1.29 is 4.79 Å². The molecule has 2 nitrogen and oxygen atoms in total. The number of carbonyl (C=O) groups excluding carboxylic acids is 1. The average molecular weight is 205 g/mol. The Kier molecular flexibility index (Phi) is 4.01. The first-order valence-electron chi connectivity index (χ1n) is 5.53. The molecule has 82 valence electrons. The normalized spacial score (nSPS) is 12.5. The van der Waals surface area contributed by atoms with Crippen LogP contribution in [0.5, 0.6) is 0 Å². The Bertz CT molecular complexity index is 358. The molecule has 1 unspecified atom stereocenters. The molecule has 0 aliphatic rings. The van der Waals surface area contributed by atoms with Gasteiger partial charge in [-0.15, -0.1) is 0 Å². The van der Waals surface area contributed by atoms with Gasteiger partial charge in [-0.25, -0.2) is 0 Å². The van der Waals surface area contributed by atoms with E-state index in [0.717, 1.165) is 24.0 Å². The van der Waals surface area contributed by atoms with Crippen molar-refractivity contribution in [1.82, 2.24) is 4.98 Å². The highest BCUT2D eigenvalue weighted by Crippen LogP contribution is 2.15. The summed E-state index contributed by atoms with van der Waals surface area (Å²) in [6.45, 7) is 8.02. The first kappa shape index (κ1) is 11.9. The lowest BCUT2D eigenvalue weighted by atomic mass is 9.96. The molecule has 1 aromatic heterocycles. The van der Waals surface area contributed by atoms with Crippen molar-refractivity contribution in [1.29, 1.82) is 0 Å². The fraction of sp³-hybridized carbons (Fsp3) is 0.538. The topological polar surface area (TPSA) is 30.0 Å². The molecule has 0 saturated heterocycles. The molecule has 0 N–H and O–H groups in total. The van der Waals surface area contributed by atoms with E-state index in [4.69, 9.17) is 0 Å². The minimum atomic E-state index is 0.0870. The molecule has 0 aliphatic carbocycles. The van der Waals surface area contributed by atoms with Crippen molar-refractivity contribution in [3.8, 4) is 0 Å². The number of aryl methyl sites for hydroxylation is 2. The molecule has 0 fully saturated rings. The Morgan fingerprint density at radius 3 is 2.67 bits per heavy atom. The number of rotatable bonds is 4. The Morgan fingerprint density at radius 1 is 1.47 bits per heavy atom. The SMILES string of the molecule is CCCC(C)C(=O)c1ncc(C)cc1C. The molecule has 0 bridgehead atoms. The smallest absolute Gasteiger partial charge is 0.184 e. The van der Waals surface area contributed by atoms with Crippen molar-refractivity contribution in [3.63, 3.8) is 0 Å². The zero-order valence-corrected chi connectivity index (χ0v) is 10.0. The molecule has 0 spiro atoms. The fourth-order valence-electron chi connectivity index (χ4n) is 1.77. The Morgan fingerprint density at radius 2 is 2.13 bits per heavy atom. The largest absolute Gasteiger partial charge is 0.292 e. The second-order valence-electron chi connectivity index (χ2n) is 4.23. The standard InChI is InChI=1S/C13H19NO/c1-5-6-10(3)13(15)12-11(4)7-9(2)8-14-12/h7-8,10H,5-6H2,1-4H3. The van der Waals surface area contributed by atoms with Crippen LogP contribution in [-0.2, 0) is 0 Å². The van der Waals surface area contributed by atoms with Crippen LogP contribution >= 0.6 is 0 Å². The van der Waals surface area contributed by atoms with Crippen molar-refractivity contribution in [2.24, 2.45) is 5.92 Å². The average Bonchev–Trinajstić information content (AvgIpc) is 2.17. The summed E-state index contributed by atoms with van der Waals surface area (Å²) in [4.78, 5) is 16.2. The molecule has 0 amide bonds. The summed E-state index contributed by atoms with van der Waals surface area (Å²) in [5, 5.41) is 0. The number of ketones is 1. The molecule has 1 atom stereocenters. The van der Waals surface area contributed by atoms with Gasteiger partial charge in [-0.1, -0.05) is 26.3 Å². The van der Waals surface area contributed by atoms with Crippen LogP contribution in [0.3, 0.4) is 0 Å². The van der Waals surface area contributed by atoms with Crippen LogP contribution in [0.2, 0.25) is 0 Å². The number of pyridine rings is 1. The summed E-state index contributed by atoms with van der Waals surface area (Å²) in [5.41, 5.74) is 2.73. The third-order valence-corrected chi connectivity index (χ3v) is 2.62. The van der Waals surface area contributed by atoms with E-state index in [1.54, 1.807) is 6.20 Å². The second kappa shape index (κ2) is 5.06. The maximum Gasteiger partial charge on any atom is 0.184 e. The highest BCUT2D eigenvalue weighted by atomic mass is 16.1. The lowest BCUT2D eigenvalue weighted by Crippen LogP contribution is -2.14. The maximum absolute atomic E-state index is 12.0. The van der Waals surface area contributed by atoms with Gasteiger partial charge in [-0.05, 0) is 31.4 Å². The number of aromatic nitrogens is 1. The Balaban J connectivity index is 2.91. The van der Waals surface area contributed by atoms with Crippen molar-refractivity contribution in [2.75, 3.05) is 0 Å². The van der Waals surface area contributed by atoms with Gasteiger partial charge in [0.15, 0.2) is 5.78 Å². The van der Waals surface area contributed by atoms with E-state index in [0.29, 0.717) is 5.69 Å². The van der Waals surface area contributed by atoms with Crippen molar-refractivity contribution >= 4 is 5.78 Å². The van der Waals surface area contributed by atoms with E-state index in [2.05, 4.69) is 11.9 Å². The molecule has 1 heterocycles. The van der Waals surface area contributed by atoms with Gasteiger partial charge in [0.25, 0.3) is 0 Å². The molecule has 15 heavy (non-hydrogen) atoms. The van der Waals surface area contributed by atoms with Gasteiger partial charge in [0.05, 0.1) is 0 Å². The minimum absolute atomic E-state index is 0.0870. The van der Waals surface area contributed by atoms with Crippen molar-refractivity contribution in [3.05, 3.63) is 29.1 Å². The predicted octanol–water partition coefficient (Wildman–Crippen LogP) is 3.32. The summed E-state index contributed by atoms with van der Waals surface area (Å²) in [6.07, 6.45) is 3.74. The predicted molar refractivity (Wildman–Crippen MR) is 62.1 cm³/mol. The lowest BCUT2D eigenvalue weighted by molar-refractivity contribution is 0.0918. The number of hydrogen-bond donors (Lipinski definition) is 0. The number of Topliss-reactive ketones (excluding diaryl/α,β-unsaturated/α-hetero) is 1. The molecule has 0 saturated carbocycles. The van der Waals surface area contributed by atoms with Crippen LogP contribution in [0.25, 0.3) is 0 Å². The first-order valence-corrected chi connectivity index (χ1v) is 5.53. The van der Waals surface area contributed by atoms with E-state index in [1.807, 2.05) is 26.8 Å².